The van der Waals surface area contributed by atoms with Crippen molar-refractivity contribution in [1.29, 1.82) is 0 Å². The molecule has 0 saturated heterocycles. The first-order valence-electron chi connectivity index (χ1n) is 5.78. The van der Waals surface area contributed by atoms with E-state index in [-0.39, 0.29) is 12.8 Å². The summed E-state index contributed by atoms with van der Waals surface area (Å²) in [7, 11) is 0. The van der Waals surface area contributed by atoms with E-state index in [0.29, 0.717) is 0 Å². The van der Waals surface area contributed by atoms with E-state index >= 15 is 0 Å². The lowest BCUT2D eigenvalue weighted by atomic mass is 9.33. The van der Waals surface area contributed by atoms with Crippen LogP contribution in [0.25, 0.3) is 0 Å². The Morgan fingerprint density at radius 1 is 0.778 bits per heavy atom. The molecular weight excluding hydrogens is 258 g/mol. The molecule has 0 nitrogen and oxygen atoms in total. The highest BCUT2D eigenvalue weighted by atomic mass is 19.2. The van der Waals surface area contributed by atoms with Crippen LogP contribution in [0.1, 0.15) is 12.8 Å². The molecule has 98 valence electrons. The molecule has 5 aliphatic rings. The number of rotatable bonds is 0. The first kappa shape index (κ1) is 10.9. The van der Waals surface area contributed by atoms with Gasteiger partial charge in [-0.05, 0) is 12.8 Å². The van der Waals surface area contributed by atoms with Crippen molar-refractivity contribution in [2.75, 3.05) is 0 Å². The van der Waals surface area contributed by atoms with E-state index in [0.717, 1.165) is 0 Å². The molecule has 5 rings (SSSR count). The molecule has 2 saturated carbocycles. The van der Waals surface area contributed by atoms with Gasteiger partial charge in [-0.1, -0.05) is 12.2 Å². The predicted octanol–water partition coefficient (Wildman–Crippen LogP) is 3.59. The lowest BCUT2D eigenvalue weighted by Gasteiger charge is -2.75. The van der Waals surface area contributed by atoms with E-state index in [1.165, 1.54) is 12.2 Å². The summed E-state index contributed by atoms with van der Waals surface area (Å²) >= 11 is 0. The van der Waals surface area contributed by atoms with Gasteiger partial charge in [0.2, 0.25) is 11.3 Å². The van der Waals surface area contributed by atoms with E-state index < -0.39 is 46.2 Å². The maximum Gasteiger partial charge on any atom is 0.245 e. The average Bonchev–Trinajstić information content (AvgIpc) is 2.40. The molecule has 18 heavy (non-hydrogen) atoms. The van der Waals surface area contributed by atoms with E-state index in [1.54, 1.807) is 0 Å². The topological polar surface area (TPSA) is 0 Å². The highest BCUT2D eigenvalue weighted by Crippen LogP contribution is 2.84. The van der Waals surface area contributed by atoms with Gasteiger partial charge >= 0.3 is 0 Å². The Balaban J connectivity index is 2.03. The fourth-order valence-electron chi connectivity index (χ4n) is 4.34. The fraction of sp³-hybridized carbons (Fsp3) is 0.667. The summed E-state index contributed by atoms with van der Waals surface area (Å²) in [5.74, 6) is -6.75. The van der Waals surface area contributed by atoms with E-state index in [9.17, 15) is 26.3 Å². The van der Waals surface area contributed by atoms with E-state index in [2.05, 4.69) is 0 Å². The summed E-state index contributed by atoms with van der Waals surface area (Å²) < 4.78 is 84.3. The molecule has 0 aromatic rings. The van der Waals surface area contributed by atoms with Crippen LogP contribution in [0.2, 0.25) is 0 Å². The molecule has 0 heterocycles. The summed E-state index contributed by atoms with van der Waals surface area (Å²) in [5, 5.41) is 0. The Kier molecular flexibility index (Phi) is 1.45. The molecule has 0 aromatic heterocycles. The Morgan fingerprint density at radius 3 is 1.39 bits per heavy atom. The third-order valence-corrected chi connectivity index (χ3v) is 5.19. The van der Waals surface area contributed by atoms with Gasteiger partial charge < -0.3 is 0 Å². The van der Waals surface area contributed by atoms with Gasteiger partial charge in [0, 0.05) is 11.8 Å². The molecule has 0 aromatic carbocycles. The van der Waals surface area contributed by atoms with Gasteiger partial charge in [0.15, 0.2) is 23.0 Å². The van der Waals surface area contributed by atoms with Crippen LogP contribution in [0, 0.1) is 11.8 Å². The Bertz CT molecular complexity index is 495. The number of allylic oxidation sites excluding steroid dienone is 4. The number of alkyl halides is 4. The van der Waals surface area contributed by atoms with Crippen molar-refractivity contribution in [1.82, 2.24) is 0 Å². The van der Waals surface area contributed by atoms with Gasteiger partial charge in [0.1, 0.15) is 0 Å². The second kappa shape index (κ2) is 2.39. The third-order valence-electron chi connectivity index (χ3n) is 5.19. The van der Waals surface area contributed by atoms with Gasteiger partial charge in [-0.3, -0.25) is 0 Å². The Morgan fingerprint density at radius 2 is 1.11 bits per heavy atom. The van der Waals surface area contributed by atoms with Crippen LogP contribution >= 0.6 is 0 Å². The van der Waals surface area contributed by atoms with Crippen LogP contribution < -0.4 is 0 Å². The molecule has 0 amide bonds. The SMILES string of the molecule is FC1=C(F)C2(F)C1(F)C1(F)C3C=CC(CC3)C21F. The minimum atomic E-state index is -3.80. The highest BCUT2D eigenvalue weighted by molar-refractivity contribution is 5.64. The molecule has 2 bridgehead atoms. The van der Waals surface area contributed by atoms with Crippen LogP contribution in [-0.2, 0) is 0 Å². The third kappa shape index (κ3) is 0.558. The number of hydrogen-bond donors (Lipinski definition) is 0. The molecule has 5 aliphatic carbocycles. The lowest BCUT2D eigenvalue weighted by molar-refractivity contribution is -0.387. The Labute approximate surface area is 98.3 Å². The van der Waals surface area contributed by atoms with E-state index in [4.69, 9.17) is 0 Å². The zero-order chi connectivity index (χ0) is 13.1. The van der Waals surface area contributed by atoms with Gasteiger partial charge in [0.25, 0.3) is 0 Å². The minimum Gasteiger partial charge on any atom is -0.235 e. The van der Waals surface area contributed by atoms with Crippen molar-refractivity contribution in [3.8, 4) is 0 Å². The van der Waals surface area contributed by atoms with Crippen LogP contribution in [0.4, 0.5) is 26.3 Å². The van der Waals surface area contributed by atoms with Crippen LogP contribution in [0.15, 0.2) is 23.8 Å². The monoisotopic (exact) mass is 266 g/mol. The summed E-state index contributed by atoms with van der Waals surface area (Å²) in [6, 6.07) is 0. The molecule has 6 heteroatoms. The minimum absolute atomic E-state index is 0.111. The number of halogens is 6. The molecule has 2 fully saturated rings. The molecule has 0 spiro atoms. The van der Waals surface area contributed by atoms with Crippen molar-refractivity contribution in [2.24, 2.45) is 11.8 Å². The second-order valence-electron chi connectivity index (χ2n) is 5.54. The van der Waals surface area contributed by atoms with Crippen molar-refractivity contribution in [2.45, 2.75) is 35.5 Å². The average molecular weight is 266 g/mol. The molecule has 6 atom stereocenters. The summed E-state index contributed by atoms with van der Waals surface area (Å²) in [5.41, 5.74) is -14.3. The molecular formula is C12H8F6. The molecule has 0 radical (unpaired) electrons. The quantitative estimate of drug-likeness (QED) is 0.464. The standard InChI is InChI=1S/C12H8F6/c13-7-8(14)12(18)10(16)6-2-1-5(3-4-6)9(10,15)11(7,12)17/h1-2,5-6H,3-4H2. The Hall–Kier alpha value is -0.940. The molecule has 6 unspecified atom stereocenters. The zero-order valence-electron chi connectivity index (χ0n) is 8.99. The smallest absolute Gasteiger partial charge is 0.235 e. The maximum absolute atomic E-state index is 14.7. The van der Waals surface area contributed by atoms with Crippen molar-refractivity contribution >= 4 is 0 Å². The number of hydrogen-bond acceptors (Lipinski definition) is 0. The molecule has 0 aliphatic heterocycles. The van der Waals surface area contributed by atoms with Gasteiger partial charge in [-0.25, -0.2) is 26.3 Å². The highest BCUT2D eigenvalue weighted by Gasteiger charge is 3.05. The van der Waals surface area contributed by atoms with Gasteiger partial charge in [-0.2, -0.15) is 0 Å². The van der Waals surface area contributed by atoms with Crippen molar-refractivity contribution in [3.63, 3.8) is 0 Å². The molecule has 0 N–H and O–H groups in total. The van der Waals surface area contributed by atoms with Crippen molar-refractivity contribution < 1.29 is 26.3 Å². The van der Waals surface area contributed by atoms with Crippen molar-refractivity contribution in [3.05, 3.63) is 23.8 Å². The number of fused-ring (bicyclic) bond motifs is 2. The normalized spacial score (nSPS) is 64.1. The summed E-state index contributed by atoms with van der Waals surface area (Å²) in [6.07, 6.45) is 2.72. The maximum atomic E-state index is 14.7. The first-order chi connectivity index (χ1) is 8.28. The van der Waals surface area contributed by atoms with Crippen LogP contribution in [0.5, 0.6) is 0 Å². The van der Waals surface area contributed by atoms with Crippen LogP contribution in [-0.4, -0.2) is 22.7 Å². The van der Waals surface area contributed by atoms with Gasteiger partial charge in [-0.15, -0.1) is 0 Å². The second-order valence-corrected chi connectivity index (χ2v) is 5.54. The largest absolute Gasteiger partial charge is 0.245 e. The zero-order valence-corrected chi connectivity index (χ0v) is 8.99. The van der Waals surface area contributed by atoms with Gasteiger partial charge in [0.05, 0.1) is 0 Å². The predicted molar refractivity (Wildman–Crippen MR) is 50.0 cm³/mol. The van der Waals surface area contributed by atoms with E-state index in [1.807, 2.05) is 0 Å². The fourth-order valence-corrected chi connectivity index (χ4v) is 4.34. The first-order valence-corrected chi connectivity index (χ1v) is 5.78. The van der Waals surface area contributed by atoms with Crippen LogP contribution in [0.3, 0.4) is 0 Å². The summed E-state index contributed by atoms with van der Waals surface area (Å²) in [6.45, 7) is 0. The lowest BCUT2D eigenvalue weighted by Crippen LogP contribution is -2.97. The summed E-state index contributed by atoms with van der Waals surface area (Å²) in [4.78, 5) is 0.